The Morgan fingerprint density at radius 3 is 2.14 bits per heavy atom. The summed E-state index contributed by atoms with van der Waals surface area (Å²) in [6.45, 7) is 3.37. The first-order valence-corrected chi connectivity index (χ1v) is 8.61. The lowest BCUT2D eigenvalue weighted by Gasteiger charge is -2.20. The van der Waals surface area contributed by atoms with Gasteiger partial charge in [0.05, 0.1) is 4.90 Å². The Labute approximate surface area is 137 Å². The zero-order chi connectivity index (χ0) is 15.3. The molecule has 0 unspecified atom stereocenters. The number of aryl methyl sites for hydroxylation is 1. The average Bonchev–Trinajstić information content (AvgIpc) is 2.67. The van der Waals surface area contributed by atoms with E-state index in [1.54, 1.807) is 17.1 Å². The molecule has 0 saturated carbocycles. The van der Waals surface area contributed by atoms with Gasteiger partial charge in [0.2, 0.25) is 0 Å². The molecule has 2 N–H and O–H groups in total. The van der Waals surface area contributed by atoms with E-state index in [9.17, 15) is 13.2 Å². The first-order chi connectivity index (χ1) is 9.97. The van der Waals surface area contributed by atoms with Crippen LogP contribution in [0, 0.1) is 6.92 Å². The molecular formula is C14H22ClN3O3S. The van der Waals surface area contributed by atoms with E-state index < -0.39 is 16.1 Å². The molecule has 0 radical (unpaired) electrons. The number of nitrogens with one attached hydrogen (secondary N) is 2. The molecule has 1 aromatic rings. The molecule has 2 rings (SSSR count). The van der Waals surface area contributed by atoms with Crippen LogP contribution in [0.25, 0.3) is 0 Å². The van der Waals surface area contributed by atoms with E-state index in [0.29, 0.717) is 0 Å². The third-order valence-electron chi connectivity index (χ3n) is 3.42. The standard InChI is InChI=1S/C14H21N3O3S.ClH/c1-12-6-8-13(9-7-12)21(19,20)16-14(18)15-17-10-4-2-3-5-11-17;/h6-9H,2-5,10-11H2,1H3,(H2,15,16,18);1H. The molecule has 0 spiro atoms. The number of hydrogen-bond acceptors (Lipinski definition) is 4. The summed E-state index contributed by atoms with van der Waals surface area (Å²) < 4.78 is 26.2. The predicted molar refractivity (Wildman–Crippen MR) is 87.3 cm³/mol. The fourth-order valence-corrected chi connectivity index (χ4v) is 3.15. The smallest absolute Gasteiger partial charge is 0.270 e. The van der Waals surface area contributed by atoms with Crippen molar-refractivity contribution in [3.05, 3.63) is 29.8 Å². The molecular weight excluding hydrogens is 326 g/mol. The van der Waals surface area contributed by atoms with Gasteiger partial charge in [0.25, 0.3) is 10.0 Å². The number of hydrogen-bond donors (Lipinski definition) is 2. The quantitative estimate of drug-likeness (QED) is 0.878. The van der Waals surface area contributed by atoms with Crippen molar-refractivity contribution >= 4 is 28.5 Å². The molecule has 6 nitrogen and oxygen atoms in total. The largest absolute Gasteiger partial charge is 0.343 e. The molecule has 1 aliphatic heterocycles. The molecule has 0 aromatic heterocycles. The third-order valence-corrected chi connectivity index (χ3v) is 4.77. The van der Waals surface area contributed by atoms with Crippen LogP contribution in [0.1, 0.15) is 31.2 Å². The van der Waals surface area contributed by atoms with Crippen LogP contribution in [0.2, 0.25) is 0 Å². The number of rotatable bonds is 3. The Hall–Kier alpha value is -1.31. The van der Waals surface area contributed by atoms with Crippen molar-refractivity contribution in [1.82, 2.24) is 15.2 Å². The van der Waals surface area contributed by atoms with Crippen LogP contribution in [0.4, 0.5) is 4.79 Å². The van der Waals surface area contributed by atoms with Gasteiger partial charge in [0.15, 0.2) is 0 Å². The molecule has 1 aliphatic rings. The fraction of sp³-hybridized carbons (Fsp3) is 0.500. The minimum atomic E-state index is -3.82. The van der Waals surface area contributed by atoms with Gasteiger partial charge in [-0.2, -0.15) is 0 Å². The molecule has 1 fully saturated rings. The van der Waals surface area contributed by atoms with E-state index in [1.807, 2.05) is 11.6 Å². The highest BCUT2D eigenvalue weighted by atomic mass is 35.5. The van der Waals surface area contributed by atoms with Gasteiger partial charge >= 0.3 is 6.03 Å². The molecule has 0 aliphatic carbocycles. The first kappa shape index (κ1) is 18.7. The summed E-state index contributed by atoms with van der Waals surface area (Å²) >= 11 is 0. The van der Waals surface area contributed by atoms with Crippen molar-refractivity contribution in [2.24, 2.45) is 0 Å². The van der Waals surface area contributed by atoms with Gasteiger partial charge in [0, 0.05) is 13.1 Å². The van der Waals surface area contributed by atoms with E-state index in [-0.39, 0.29) is 17.3 Å². The highest BCUT2D eigenvalue weighted by molar-refractivity contribution is 7.90. The summed E-state index contributed by atoms with van der Waals surface area (Å²) in [4.78, 5) is 11.9. The number of hydrazine groups is 1. The second-order valence-electron chi connectivity index (χ2n) is 5.26. The molecule has 22 heavy (non-hydrogen) atoms. The van der Waals surface area contributed by atoms with E-state index in [2.05, 4.69) is 5.43 Å². The van der Waals surface area contributed by atoms with Crippen LogP contribution in [0.15, 0.2) is 29.2 Å². The number of urea groups is 1. The highest BCUT2D eigenvalue weighted by Crippen LogP contribution is 2.10. The molecule has 8 heteroatoms. The zero-order valence-corrected chi connectivity index (χ0v) is 14.2. The zero-order valence-electron chi connectivity index (χ0n) is 12.5. The van der Waals surface area contributed by atoms with Crippen molar-refractivity contribution in [2.45, 2.75) is 37.5 Å². The van der Waals surface area contributed by atoms with Crippen molar-refractivity contribution in [1.29, 1.82) is 0 Å². The maximum absolute atomic E-state index is 12.1. The fourth-order valence-electron chi connectivity index (χ4n) is 2.25. The summed E-state index contributed by atoms with van der Waals surface area (Å²) in [5.74, 6) is 0. The van der Waals surface area contributed by atoms with Crippen LogP contribution in [-0.4, -0.2) is 32.5 Å². The van der Waals surface area contributed by atoms with Gasteiger partial charge in [-0.05, 0) is 31.9 Å². The number of carbonyl (C=O) groups excluding carboxylic acids is 1. The number of amides is 2. The van der Waals surface area contributed by atoms with E-state index >= 15 is 0 Å². The molecule has 124 valence electrons. The molecule has 1 saturated heterocycles. The third kappa shape index (κ3) is 5.47. The Balaban J connectivity index is 0.00000242. The number of halogens is 1. The SMILES string of the molecule is Cc1ccc(S(=O)(=O)NC(=O)NN2CCCCCC2)cc1.Cl. The lowest BCUT2D eigenvalue weighted by molar-refractivity contribution is 0.184. The summed E-state index contributed by atoms with van der Waals surface area (Å²) in [6, 6.07) is 5.65. The molecule has 0 bridgehead atoms. The second kappa shape index (κ2) is 8.36. The van der Waals surface area contributed by atoms with Gasteiger partial charge in [-0.3, -0.25) is 5.43 Å². The van der Waals surface area contributed by atoms with Gasteiger partial charge in [-0.25, -0.2) is 22.9 Å². The average molecular weight is 348 g/mol. The van der Waals surface area contributed by atoms with Crippen molar-refractivity contribution < 1.29 is 13.2 Å². The van der Waals surface area contributed by atoms with Gasteiger partial charge in [0.1, 0.15) is 0 Å². The maximum Gasteiger partial charge on any atom is 0.343 e. The van der Waals surface area contributed by atoms with Crippen molar-refractivity contribution in [3.63, 3.8) is 0 Å². The minimum Gasteiger partial charge on any atom is -0.270 e. The second-order valence-corrected chi connectivity index (χ2v) is 6.94. The first-order valence-electron chi connectivity index (χ1n) is 7.12. The molecule has 1 heterocycles. The van der Waals surface area contributed by atoms with E-state index in [4.69, 9.17) is 0 Å². The molecule has 2 amide bonds. The summed E-state index contributed by atoms with van der Waals surface area (Å²) in [5, 5.41) is 1.77. The lowest BCUT2D eigenvalue weighted by Crippen LogP contribution is -2.49. The topological polar surface area (TPSA) is 78.5 Å². The van der Waals surface area contributed by atoms with Crippen molar-refractivity contribution in [3.8, 4) is 0 Å². The summed E-state index contributed by atoms with van der Waals surface area (Å²) in [6.07, 6.45) is 4.29. The van der Waals surface area contributed by atoms with Gasteiger partial charge in [-0.1, -0.05) is 30.5 Å². The molecule has 0 atom stereocenters. The Morgan fingerprint density at radius 2 is 1.59 bits per heavy atom. The Morgan fingerprint density at radius 1 is 1.05 bits per heavy atom. The normalized spacial score (nSPS) is 16.2. The van der Waals surface area contributed by atoms with E-state index in [0.717, 1.165) is 44.3 Å². The van der Waals surface area contributed by atoms with Crippen LogP contribution < -0.4 is 10.1 Å². The number of nitrogens with zero attached hydrogens (tertiary/aromatic N) is 1. The van der Waals surface area contributed by atoms with Crippen molar-refractivity contribution in [2.75, 3.05) is 13.1 Å². The number of benzene rings is 1. The maximum atomic E-state index is 12.1. The van der Waals surface area contributed by atoms with Crippen LogP contribution in [-0.2, 0) is 10.0 Å². The predicted octanol–water partition coefficient (Wildman–Crippen LogP) is 2.20. The van der Waals surface area contributed by atoms with Crippen LogP contribution in [0.5, 0.6) is 0 Å². The van der Waals surface area contributed by atoms with E-state index in [1.165, 1.54) is 12.1 Å². The van der Waals surface area contributed by atoms with Crippen LogP contribution >= 0.6 is 12.4 Å². The van der Waals surface area contributed by atoms with Gasteiger partial charge in [-0.15, -0.1) is 12.4 Å². The Kier molecular flexibility index (Phi) is 7.12. The summed E-state index contributed by atoms with van der Waals surface area (Å²) in [5.41, 5.74) is 3.56. The number of sulfonamides is 1. The monoisotopic (exact) mass is 347 g/mol. The minimum absolute atomic E-state index is 0. The van der Waals surface area contributed by atoms with Crippen LogP contribution in [0.3, 0.4) is 0 Å². The van der Waals surface area contributed by atoms with Gasteiger partial charge < -0.3 is 0 Å². The molecule has 1 aromatic carbocycles. The summed E-state index contributed by atoms with van der Waals surface area (Å²) in [7, 11) is -3.82. The lowest BCUT2D eigenvalue weighted by atomic mass is 10.2. The number of carbonyl (C=O) groups is 1. The Bertz CT molecular complexity index is 582. The highest BCUT2D eigenvalue weighted by Gasteiger charge is 2.19.